The van der Waals surface area contributed by atoms with Crippen LogP contribution in [0.1, 0.15) is 44.0 Å². The molecule has 0 spiro atoms. The van der Waals surface area contributed by atoms with Crippen LogP contribution in [0.3, 0.4) is 0 Å². The molecule has 0 bridgehead atoms. The molecular weight excluding hydrogens is 224 g/mol. The number of nitrogens with zero attached hydrogens (tertiary/aromatic N) is 3. The number of aryl methyl sites for hydroxylation is 1. The quantitative estimate of drug-likeness (QED) is 0.870. The number of aromatic nitrogens is 2. The third-order valence-electron chi connectivity index (χ3n) is 3.83. The van der Waals surface area contributed by atoms with E-state index in [0.29, 0.717) is 6.04 Å². The molecule has 100 valence electrons. The summed E-state index contributed by atoms with van der Waals surface area (Å²) >= 11 is 0. The van der Waals surface area contributed by atoms with Crippen molar-refractivity contribution in [2.45, 2.75) is 52.0 Å². The van der Waals surface area contributed by atoms with Gasteiger partial charge in [0.1, 0.15) is 17.5 Å². The topological polar surface area (TPSA) is 41.1 Å². The molecule has 0 radical (unpaired) electrons. The van der Waals surface area contributed by atoms with Crippen molar-refractivity contribution in [2.75, 3.05) is 24.3 Å². The van der Waals surface area contributed by atoms with Crippen molar-refractivity contribution >= 4 is 11.6 Å². The highest BCUT2D eigenvalue weighted by Gasteiger charge is 2.25. The fourth-order valence-corrected chi connectivity index (χ4v) is 2.42. The largest absolute Gasteiger partial charge is 0.373 e. The summed E-state index contributed by atoms with van der Waals surface area (Å²) in [6.07, 6.45) is 5.95. The van der Waals surface area contributed by atoms with Gasteiger partial charge in [0.05, 0.1) is 0 Å². The van der Waals surface area contributed by atoms with Gasteiger partial charge in [-0.3, -0.25) is 0 Å². The maximum Gasteiger partial charge on any atom is 0.137 e. The first-order chi connectivity index (χ1) is 8.67. The van der Waals surface area contributed by atoms with Gasteiger partial charge in [0, 0.05) is 32.1 Å². The van der Waals surface area contributed by atoms with Crippen LogP contribution in [-0.4, -0.2) is 30.1 Å². The molecule has 0 unspecified atom stereocenters. The summed E-state index contributed by atoms with van der Waals surface area (Å²) in [4.78, 5) is 11.7. The van der Waals surface area contributed by atoms with Crippen LogP contribution in [0, 0.1) is 6.92 Å². The summed E-state index contributed by atoms with van der Waals surface area (Å²) in [7, 11) is 4.09. The number of nitrogens with one attached hydrogen (secondary N) is 1. The van der Waals surface area contributed by atoms with Gasteiger partial charge in [-0.2, -0.15) is 0 Å². The molecule has 1 aromatic heterocycles. The number of rotatable bonds is 5. The third-order valence-corrected chi connectivity index (χ3v) is 3.83. The zero-order chi connectivity index (χ0) is 13.1. The third kappa shape index (κ3) is 2.42. The van der Waals surface area contributed by atoms with Gasteiger partial charge in [0.25, 0.3) is 0 Å². The average Bonchev–Trinajstić information content (AvgIpc) is 2.29. The van der Waals surface area contributed by atoms with E-state index < -0.39 is 0 Å². The number of anilines is 2. The molecule has 4 heteroatoms. The van der Waals surface area contributed by atoms with Crippen molar-refractivity contribution in [3.05, 3.63) is 11.4 Å². The van der Waals surface area contributed by atoms with E-state index in [1.807, 2.05) is 7.05 Å². The Balaban J connectivity index is 2.33. The Bertz CT molecular complexity index is 413. The Kier molecular flexibility index (Phi) is 4.04. The molecule has 1 aliphatic carbocycles. The molecule has 0 saturated heterocycles. The van der Waals surface area contributed by atoms with Gasteiger partial charge in [-0.05, 0) is 32.6 Å². The lowest BCUT2D eigenvalue weighted by Gasteiger charge is -2.36. The van der Waals surface area contributed by atoms with Crippen molar-refractivity contribution in [2.24, 2.45) is 0 Å². The van der Waals surface area contributed by atoms with E-state index in [2.05, 4.69) is 36.1 Å². The minimum Gasteiger partial charge on any atom is -0.373 e. The van der Waals surface area contributed by atoms with E-state index in [-0.39, 0.29) is 0 Å². The second-order valence-corrected chi connectivity index (χ2v) is 5.13. The summed E-state index contributed by atoms with van der Waals surface area (Å²) in [6, 6.07) is 0.665. The van der Waals surface area contributed by atoms with Crippen LogP contribution in [0.15, 0.2) is 0 Å². The molecule has 0 amide bonds. The monoisotopic (exact) mass is 248 g/mol. The zero-order valence-electron chi connectivity index (χ0n) is 12.0. The molecule has 0 aromatic carbocycles. The lowest BCUT2D eigenvalue weighted by atomic mass is 9.91. The SMILES string of the molecule is CCCc1nc(NC)c(C)c(N(C)C2CCC2)n1. The van der Waals surface area contributed by atoms with Gasteiger partial charge in [-0.25, -0.2) is 9.97 Å². The smallest absolute Gasteiger partial charge is 0.137 e. The molecule has 0 aliphatic heterocycles. The average molecular weight is 248 g/mol. The van der Waals surface area contributed by atoms with E-state index in [0.717, 1.165) is 35.9 Å². The predicted octanol–water partition coefficient (Wildman–Crippen LogP) is 2.77. The van der Waals surface area contributed by atoms with Gasteiger partial charge in [0.15, 0.2) is 0 Å². The maximum atomic E-state index is 4.75. The Morgan fingerprint density at radius 1 is 1.33 bits per heavy atom. The molecule has 0 atom stereocenters. The summed E-state index contributed by atoms with van der Waals surface area (Å²) in [5.74, 6) is 3.02. The molecule has 1 aromatic rings. The Morgan fingerprint density at radius 2 is 2.06 bits per heavy atom. The number of hydrogen-bond donors (Lipinski definition) is 1. The molecule has 2 rings (SSSR count). The highest BCUT2D eigenvalue weighted by Crippen LogP contribution is 2.31. The molecule has 18 heavy (non-hydrogen) atoms. The molecule has 4 nitrogen and oxygen atoms in total. The molecule has 1 fully saturated rings. The van der Waals surface area contributed by atoms with Crippen molar-refractivity contribution in [3.8, 4) is 0 Å². The van der Waals surface area contributed by atoms with Crippen molar-refractivity contribution in [1.29, 1.82) is 0 Å². The minimum absolute atomic E-state index is 0.665. The first-order valence-electron chi connectivity index (χ1n) is 6.95. The van der Waals surface area contributed by atoms with Gasteiger partial charge in [0.2, 0.25) is 0 Å². The van der Waals surface area contributed by atoms with Crippen LogP contribution in [-0.2, 0) is 6.42 Å². The van der Waals surface area contributed by atoms with Crippen LogP contribution in [0.2, 0.25) is 0 Å². The lowest BCUT2D eigenvalue weighted by molar-refractivity contribution is 0.398. The van der Waals surface area contributed by atoms with Crippen LogP contribution in [0.5, 0.6) is 0 Å². The predicted molar refractivity (Wildman–Crippen MR) is 76.4 cm³/mol. The summed E-state index contributed by atoms with van der Waals surface area (Å²) in [5.41, 5.74) is 1.16. The Hall–Kier alpha value is -1.32. The Morgan fingerprint density at radius 3 is 2.56 bits per heavy atom. The first-order valence-corrected chi connectivity index (χ1v) is 6.95. The fourth-order valence-electron chi connectivity index (χ4n) is 2.42. The van der Waals surface area contributed by atoms with Gasteiger partial charge in [-0.15, -0.1) is 0 Å². The second kappa shape index (κ2) is 5.55. The zero-order valence-corrected chi connectivity index (χ0v) is 12.0. The molecule has 1 heterocycles. The highest BCUT2D eigenvalue weighted by molar-refractivity contribution is 5.58. The van der Waals surface area contributed by atoms with Gasteiger partial charge < -0.3 is 10.2 Å². The van der Waals surface area contributed by atoms with Gasteiger partial charge >= 0.3 is 0 Å². The van der Waals surface area contributed by atoms with E-state index in [1.54, 1.807) is 0 Å². The van der Waals surface area contributed by atoms with Crippen LogP contribution in [0.25, 0.3) is 0 Å². The van der Waals surface area contributed by atoms with Crippen molar-refractivity contribution < 1.29 is 0 Å². The highest BCUT2D eigenvalue weighted by atomic mass is 15.2. The fraction of sp³-hybridized carbons (Fsp3) is 0.714. The standard InChI is InChI=1S/C14H24N4/c1-5-7-12-16-13(15-3)10(2)14(17-12)18(4)11-8-6-9-11/h11H,5-9H2,1-4H3,(H,15,16,17). The molecule has 1 aliphatic rings. The minimum atomic E-state index is 0.665. The van der Waals surface area contributed by atoms with E-state index in [4.69, 9.17) is 4.98 Å². The maximum absolute atomic E-state index is 4.75. The summed E-state index contributed by atoms with van der Waals surface area (Å²) in [5, 5.41) is 3.19. The summed E-state index contributed by atoms with van der Waals surface area (Å²) in [6.45, 7) is 4.27. The van der Waals surface area contributed by atoms with Crippen molar-refractivity contribution in [1.82, 2.24) is 9.97 Å². The Labute approximate surface area is 110 Å². The van der Waals surface area contributed by atoms with E-state index in [9.17, 15) is 0 Å². The molecule has 1 N–H and O–H groups in total. The summed E-state index contributed by atoms with van der Waals surface area (Å²) < 4.78 is 0. The van der Waals surface area contributed by atoms with Gasteiger partial charge in [-0.1, -0.05) is 6.92 Å². The van der Waals surface area contributed by atoms with E-state index >= 15 is 0 Å². The van der Waals surface area contributed by atoms with E-state index in [1.165, 1.54) is 19.3 Å². The molecular formula is C14H24N4. The number of hydrogen-bond acceptors (Lipinski definition) is 4. The first kappa shape index (κ1) is 13.1. The normalized spacial score (nSPS) is 15.3. The lowest BCUT2D eigenvalue weighted by Crippen LogP contribution is -2.38. The van der Waals surface area contributed by atoms with Crippen LogP contribution in [0.4, 0.5) is 11.6 Å². The second-order valence-electron chi connectivity index (χ2n) is 5.13. The van der Waals surface area contributed by atoms with Crippen LogP contribution >= 0.6 is 0 Å². The van der Waals surface area contributed by atoms with Crippen molar-refractivity contribution in [3.63, 3.8) is 0 Å². The van der Waals surface area contributed by atoms with Crippen LogP contribution < -0.4 is 10.2 Å². The molecule has 1 saturated carbocycles.